The molecule has 0 bridgehead atoms. The number of carbonyl (C=O) groups excluding carboxylic acids is 1. The number of nitrogens with zero attached hydrogens (tertiary/aromatic N) is 3. The van der Waals surface area contributed by atoms with Gasteiger partial charge in [0.1, 0.15) is 5.52 Å². The average Bonchev–Trinajstić information content (AvgIpc) is 3.02. The summed E-state index contributed by atoms with van der Waals surface area (Å²) in [6.45, 7) is 3.89. The van der Waals surface area contributed by atoms with E-state index in [-0.39, 0.29) is 17.2 Å². The monoisotopic (exact) mass is 418 g/mol. The van der Waals surface area contributed by atoms with Crippen LogP contribution in [0.25, 0.3) is 16.7 Å². The van der Waals surface area contributed by atoms with Crippen molar-refractivity contribution in [3.8, 4) is 5.69 Å². The van der Waals surface area contributed by atoms with Crippen molar-refractivity contribution >= 4 is 34.4 Å². The van der Waals surface area contributed by atoms with Gasteiger partial charge in [0.2, 0.25) is 5.91 Å². The standard InChI is InChI=1S/C23H22N4O2S/c1-15-9-7-8-12-18(15)24-20(28)14-30-23-25-19-13-16(2)26(3)21(19)22(29)27(23)17-10-5-4-6-11-17/h4-13H,14H2,1-3H3,(H,24,28). The van der Waals surface area contributed by atoms with Crippen LogP contribution in [-0.4, -0.2) is 25.8 Å². The lowest BCUT2D eigenvalue weighted by atomic mass is 10.2. The van der Waals surface area contributed by atoms with E-state index in [2.05, 4.69) is 5.32 Å². The predicted octanol–water partition coefficient (Wildman–Crippen LogP) is 4.07. The average molecular weight is 419 g/mol. The van der Waals surface area contributed by atoms with Gasteiger partial charge < -0.3 is 9.88 Å². The third-order valence-corrected chi connectivity index (χ3v) is 5.97. The summed E-state index contributed by atoms with van der Waals surface area (Å²) in [5.41, 5.74) is 4.48. The molecule has 0 saturated heterocycles. The molecule has 2 heterocycles. The van der Waals surface area contributed by atoms with Crippen LogP contribution in [0, 0.1) is 13.8 Å². The van der Waals surface area contributed by atoms with E-state index in [0.717, 1.165) is 22.6 Å². The summed E-state index contributed by atoms with van der Waals surface area (Å²) in [6.07, 6.45) is 0. The summed E-state index contributed by atoms with van der Waals surface area (Å²) < 4.78 is 3.43. The minimum absolute atomic E-state index is 0.144. The Bertz CT molecular complexity index is 1290. The van der Waals surface area contributed by atoms with Crippen molar-refractivity contribution in [1.82, 2.24) is 14.1 Å². The van der Waals surface area contributed by atoms with Gasteiger partial charge in [-0.1, -0.05) is 48.2 Å². The van der Waals surface area contributed by atoms with Gasteiger partial charge in [0.05, 0.1) is 17.0 Å². The quantitative estimate of drug-likeness (QED) is 0.392. The molecule has 0 unspecified atom stereocenters. The summed E-state index contributed by atoms with van der Waals surface area (Å²) in [6, 6.07) is 18.9. The molecule has 1 N–H and O–H groups in total. The third-order valence-electron chi connectivity index (χ3n) is 5.03. The maximum atomic E-state index is 13.4. The third kappa shape index (κ3) is 3.76. The fourth-order valence-corrected chi connectivity index (χ4v) is 4.14. The minimum Gasteiger partial charge on any atom is -0.342 e. The highest BCUT2D eigenvalue weighted by Gasteiger charge is 2.18. The van der Waals surface area contributed by atoms with Crippen LogP contribution in [-0.2, 0) is 11.8 Å². The molecule has 0 aliphatic carbocycles. The molecule has 0 fully saturated rings. The van der Waals surface area contributed by atoms with Gasteiger partial charge in [-0.15, -0.1) is 0 Å². The van der Waals surface area contributed by atoms with Crippen LogP contribution < -0.4 is 10.9 Å². The van der Waals surface area contributed by atoms with Crippen LogP contribution in [0.1, 0.15) is 11.3 Å². The molecule has 30 heavy (non-hydrogen) atoms. The van der Waals surface area contributed by atoms with Crippen LogP contribution in [0.15, 0.2) is 70.6 Å². The molecule has 6 nitrogen and oxygen atoms in total. The highest BCUT2D eigenvalue weighted by Crippen LogP contribution is 2.23. The van der Waals surface area contributed by atoms with Crippen LogP contribution in [0.4, 0.5) is 5.69 Å². The summed E-state index contributed by atoms with van der Waals surface area (Å²) in [5.74, 6) is -0.00205. The van der Waals surface area contributed by atoms with Crippen molar-refractivity contribution in [2.45, 2.75) is 19.0 Å². The molecule has 2 aromatic heterocycles. The van der Waals surface area contributed by atoms with Gasteiger partial charge >= 0.3 is 0 Å². The molecule has 4 aromatic rings. The Morgan fingerprint density at radius 3 is 2.50 bits per heavy atom. The first kappa shape index (κ1) is 20.0. The number of anilines is 1. The van der Waals surface area contributed by atoms with E-state index >= 15 is 0 Å². The Kier molecular flexibility index (Phi) is 5.46. The molecule has 0 saturated carbocycles. The first-order valence-electron chi connectivity index (χ1n) is 9.58. The molecule has 152 valence electrons. The van der Waals surface area contributed by atoms with Gasteiger partial charge in [-0.25, -0.2) is 4.98 Å². The van der Waals surface area contributed by atoms with Crippen LogP contribution in [0.2, 0.25) is 0 Å². The maximum Gasteiger partial charge on any atom is 0.283 e. The number of fused-ring (bicyclic) bond motifs is 1. The lowest BCUT2D eigenvalue weighted by molar-refractivity contribution is -0.113. The number of nitrogens with one attached hydrogen (secondary N) is 1. The van der Waals surface area contributed by atoms with Crippen molar-refractivity contribution in [2.75, 3.05) is 11.1 Å². The summed E-state index contributed by atoms with van der Waals surface area (Å²) in [5, 5.41) is 3.42. The van der Waals surface area contributed by atoms with Crippen LogP contribution in [0.3, 0.4) is 0 Å². The summed E-state index contributed by atoms with van der Waals surface area (Å²) in [7, 11) is 1.86. The Morgan fingerprint density at radius 2 is 1.77 bits per heavy atom. The Labute approximate surface area is 178 Å². The fraction of sp³-hybridized carbons (Fsp3) is 0.174. The van der Waals surface area contributed by atoms with Gasteiger partial charge in [-0.2, -0.15) is 0 Å². The minimum atomic E-state index is -0.149. The van der Waals surface area contributed by atoms with Crippen molar-refractivity contribution in [3.63, 3.8) is 0 Å². The van der Waals surface area contributed by atoms with E-state index in [4.69, 9.17) is 4.98 Å². The maximum absolute atomic E-state index is 13.4. The molecule has 0 radical (unpaired) electrons. The first-order valence-corrected chi connectivity index (χ1v) is 10.6. The molecule has 7 heteroatoms. The van der Waals surface area contributed by atoms with Gasteiger partial charge in [-0.3, -0.25) is 14.2 Å². The zero-order valence-corrected chi connectivity index (χ0v) is 17.9. The van der Waals surface area contributed by atoms with Crippen molar-refractivity contribution < 1.29 is 4.79 Å². The first-order chi connectivity index (χ1) is 14.5. The molecular formula is C23H22N4O2S. The SMILES string of the molecule is Cc1ccccc1NC(=O)CSc1nc2cc(C)n(C)c2c(=O)n1-c1ccccc1. The van der Waals surface area contributed by atoms with E-state index in [1.165, 1.54) is 11.8 Å². The van der Waals surface area contributed by atoms with Crippen LogP contribution in [0.5, 0.6) is 0 Å². The summed E-state index contributed by atoms with van der Waals surface area (Å²) >= 11 is 1.25. The summed E-state index contributed by atoms with van der Waals surface area (Å²) in [4.78, 5) is 30.6. The predicted molar refractivity (Wildman–Crippen MR) is 122 cm³/mol. The molecule has 0 atom stereocenters. The highest BCUT2D eigenvalue weighted by atomic mass is 32.2. The van der Waals surface area contributed by atoms with Gasteiger partial charge in [-0.05, 0) is 43.7 Å². The van der Waals surface area contributed by atoms with Gasteiger partial charge in [0.25, 0.3) is 5.56 Å². The van der Waals surface area contributed by atoms with Gasteiger partial charge in [0, 0.05) is 18.4 Å². The zero-order valence-electron chi connectivity index (χ0n) is 17.0. The highest BCUT2D eigenvalue weighted by molar-refractivity contribution is 7.99. The largest absolute Gasteiger partial charge is 0.342 e. The lowest BCUT2D eigenvalue weighted by Crippen LogP contribution is -2.24. The van der Waals surface area contributed by atoms with Crippen molar-refractivity contribution in [3.05, 3.63) is 82.3 Å². The van der Waals surface area contributed by atoms with Crippen LogP contribution >= 0.6 is 11.8 Å². The second kappa shape index (κ2) is 8.20. The normalized spacial score (nSPS) is 11.0. The molecular weight excluding hydrogens is 396 g/mol. The number of hydrogen-bond acceptors (Lipinski definition) is 4. The molecule has 0 aliphatic rings. The number of amides is 1. The Hall–Kier alpha value is -3.32. The number of rotatable bonds is 5. The fourth-order valence-electron chi connectivity index (χ4n) is 3.33. The van der Waals surface area contributed by atoms with E-state index in [0.29, 0.717) is 16.2 Å². The molecule has 4 rings (SSSR count). The molecule has 0 aliphatic heterocycles. The number of benzene rings is 2. The lowest BCUT2D eigenvalue weighted by Gasteiger charge is -2.13. The van der Waals surface area contributed by atoms with Gasteiger partial charge in [0.15, 0.2) is 5.16 Å². The smallest absolute Gasteiger partial charge is 0.283 e. The topological polar surface area (TPSA) is 68.9 Å². The van der Waals surface area contributed by atoms with E-state index in [1.54, 1.807) is 4.57 Å². The van der Waals surface area contributed by atoms with E-state index in [9.17, 15) is 9.59 Å². The number of carbonyl (C=O) groups is 1. The van der Waals surface area contributed by atoms with E-state index in [1.807, 2.05) is 86.1 Å². The molecule has 2 aromatic carbocycles. The van der Waals surface area contributed by atoms with Crippen molar-refractivity contribution in [2.24, 2.45) is 7.05 Å². The number of para-hydroxylation sites is 2. The van der Waals surface area contributed by atoms with E-state index < -0.39 is 0 Å². The Morgan fingerprint density at radius 1 is 1.07 bits per heavy atom. The number of aromatic nitrogens is 3. The second-order valence-corrected chi connectivity index (χ2v) is 8.04. The molecule has 1 amide bonds. The molecule has 0 spiro atoms. The Balaban J connectivity index is 1.70. The number of hydrogen-bond donors (Lipinski definition) is 1. The second-order valence-electron chi connectivity index (χ2n) is 7.10. The van der Waals surface area contributed by atoms with Crippen molar-refractivity contribution in [1.29, 1.82) is 0 Å². The zero-order chi connectivity index (χ0) is 21.3. The number of thioether (sulfide) groups is 1. The number of aryl methyl sites for hydroxylation is 3.